The van der Waals surface area contributed by atoms with E-state index in [2.05, 4.69) is 0 Å². The highest BCUT2D eigenvalue weighted by Crippen LogP contribution is 2.22. The zero-order chi connectivity index (χ0) is 13.8. The monoisotopic (exact) mass is 261 g/mol. The SMILES string of the molecule is COCO[C@@H]1C[C@H](CO)N(C(=O)OC(C)(C)C)C1. The summed E-state index contributed by atoms with van der Waals surface area (Å²) < 4.78 is 15.5. The van der Waals surface area contributed by atoms with Crippen molar-refractivity contribution in [2.24, 2.45) is 0 Å². The van der Waals surface area contributed by atoms with E-state index in [1.165, 1.54) is 4.90 Å². The van der Waals surface area contributed by atoms with Gasteiger partial charge in [-0.15, -0.1) is 0 Å². The molecule has 1 saturated heterocycles. The van der Waals surface area contributed by atoms with Crippen LogP contribution in [0.15, 0.2) is 0 Å². The third-order valence-corrected chi connectivity index (χ3v) is 2.64. The quantitative estimate of drug-likeness (QED) is 0.764. The van der Waals surface area contributed by atoms with Crippen molar-refractivity contribution in [3.8, 4) is 0 Å². The van der Waals surface area contributed by atoms with Crippen LogP contribution in [0.25, 0.3) is 0 Å². The predicted molar refractivity (Wildman–Crippen MR) is 65.2 cm³/mol. The van der Waals surface area contributed by atoms with Crippen LogP contribution in [-0.4, -0.2) is 60.9 Å². The molecule has 0 saturated carbocycles. The average Bonchev–Trinajstić information content (AvgIpc) is 2.67. The van der Waals surface area contributed by atoms with E-state index in [0.29, 0.717) is 13.0 Å². The topological polar surface area (TPSA) is 68.2 Å². The highest BCUT2D eigenvalue weighted by molar-refractivity contribution is 5.69. The van der Waals surface area contributed by atoms with Gasteiger partial charge in [0.05, 0.1) is 25.3 Å². The van der Waals surface area contributed by atoms with E-state index < -0.39 is 11.7 Å². The second-order valence-electron chi connectivity index (χ2n) is 5.40. The van der Waals surface area contributed by atoms with Gasteiger partial charge in [0.25, 0.3) is 0 Å². The van der Waals surface area contributed by atoms with Crippen molar-refractivity contribution in [2.75, 3.05) is 27.1 Å². The van der Waals surface area contributed by atoms with Gasteiger partial charge in [-0.1, -0.05) is 0 Å². The minimum Gasteiger partial charge on any atom is -0.444 e. The molecule has 1 amide bonds. The molecular weight excluding hydrogens is 238 g/mol. The molecule has 0 unspecified atom stereocenters. The molecule has 1 heterocycles. The summed E-state index contributed by atoms with van der Waals surface area (Å²) in [6.45, 7) is 5.95. The highest BCUT2D eigenvalue weighted by Gasteiger charge is 2.37. The average molecular weight is 261 g/mol. The molecule has 0 radical (unpaired) electrons. The van der Waals surface area contributed by atoms with Crippen LogP contribution in [0.2, 0.25) is 0 Å². The first-order valence-electron chi connectivity index (χ1n) is 6.08. The van der Waals surface area contributed by atoms with Gasteiger partial charge in [-0.3, -0.25) is 0 Å². The smallest absolute Gasteiger partial charge is 0.410 e. The number of amides is 1. The van der Waals surface area contributed by atoms with Crippen molar-refractivity contribution in [2.45, 2.75) is 44.9 Å². The largest absolute Gasteiger partial charge is 0.444 e. The highest BCUT2D eigenvalue weighted by atomic mass is 16.7. The molecule has 6 heteroatoms. The standard InChI is InChI=1S/C12H23NO5/c1-12(2,3)18-11(15)13-6-10(17-8-16-4)5-9(13)7-14/h9-10,14H,5-8H2,1-4H3/t9-,10-/m1/s1. The Hall–Kier alpha value is -0.850. The van der Waals surface area contributed by atoms with Crippen LogP contribution in [0.1, 0.15) is 27.2 Å². The van der Waals surface area contributed by atoms with Crippen LogP contribution in [0.4, 0.5) is 4.79 Å². The maximum absolute atomic E-state index is 12.0. The van der Waals surface area contributed by atoms with Crippen LogP contribution in [0, 0.1) is 0 Å². The fraction of sp³-hybridized carbons (Fsp3) is 0.917. The van der Waals surface area contributed by atoms with Gasteiger partial charge in [0.2, 0.25) is 0 Å². The van der Waals surface area contributed by atoms with Gasteiger partial charge < -0.3 is 24.2 Å². The lowest BCUT2D eigenvalue weighted by atomic mass is 10.2. The molecule has 0 aliphatic carbocycles. The Morgan fingerprint density at radius 3 is 2.61 bits per heavy atom. The molecule has 0 aromatic rings. The van der Waals surface area contributed by atoms with Crippen molar-refractivity contribution in [1.29, 1.82) is 0 Å². The third-order valence-electron chi connectivity index (χ3n) is 2.64. The number of carbonyl (C=O) groups is 1. The van der Waals surface area contributed by atoms with Crippen molar-refractivity contribution < 1.29 is 24.1 Å². The summed E-state index contributed by atoms with van der Waals surface area (Å²) in [5.74, 6) is 0. The predicted octanol–water partition coefficient (Wildman–Crippen LogP) is 0.977. The number of aliphatic hydroxyl groups excluding tert-OH is 1. The van der Waals surface area contributed by atoms with E-state index >= 15 is 0 Å². The number of methoxy groups -OCH3 is 1. The molecule has 1 fully saturated rings. The summed E-state index contributed by atoms with van der Waals surface area (Å²) in [6, 6.07) is -0.248. The number of aliphatic hydroxyl groups is 1. The summed E-state index contributed by atoms with van der Waals surface area (Å²) in [7, 11) is 1.55. The van der Waals surface area contributed by atoms with Crippen molar-refractivity contribution in [1.82, 2.24) is 4.90 Å². The number of hydrogen-bond acceptors (Lipinski definition) is 5. The van der Waals surface area contributed by atoms with E-state index in [1.54, 1.807) is 7.11 Å². The summed E-state index contributed by atoms with van der Waals surface area (Å²) in [4.78, 5) is 13.5. The molecule has 1 rings (SSSR count). The molecule has 6 nitrogen and oxygen atoms in total. The molecular formula is C12H23NO5. The number of nitrogens with zero attached hydrogens (tertiary/aromatic N) is 1. The maximum Gasteiger partial charge on any atom is 0.410 e. The molecule has 106 valence electrons. The zero-order valence-corrected chi connectivity index (χ0v) is 11.5. The Kier molecular flexibility index (Phi) is 5.37. The molecule has 0 bridgehead atoms. The number of rotatable bonds is 4. The van der Waals surface area contributed by atoms with Gasteiger partial charge in [0.1, 0.15) is 12.4 Å². The molecule has 0 aromatic carbocycles. The second-order valence-corrected chi connectivity index (χ2v) is 5.40. The van der Waals surface area contributed by atoms with Crippen molar-refractivity contribution in [3.63, 3.8) is 0 Å². The molecule has 0 aromatic heterocycles. The first-order chi connectivity index (χ1) is 8.37. The molecule has 2 atom stereocenters. The summed E-state index contributed by atoms with van der Waals surface area (Å²) >= 11 is 0. The van der Waals surface area contributed by atoms with Gasteiger partial charge in [-0.2, -0.15) is 0 Å². The number of likely N-dealkylation sites (tertiary alicyclic amines) is 1. The van der Waals surface area contributed by atoms with Crippen LogP contribution in [-0.2, 0) is 14.2 Å². The van der Waals surface area contributed by atoms with Gasteiger partial charge in [-0.05, 0) is 27.2 Å². The van der Waals surface area contributed by atoms with E-state index in [0.717, 1.165) is 0 Å². The summed E-state index contributed by atoms with van der Waals surface area (Å²) in [5.41, 5.74) is -0.539. The van der Waals surface area contributed by atoms with Gasteiger partial charge in [-0.25, -0.2) is 4.79 Å². The zero-order valence-electron chi connectivity index (χ0n) is 11.5. The lowest BCUT2D eigenvalue weighted by Crippen LogP contribution is -2.41. The minimum atomic E-state index is -0.539. The van der Waals surface area contributed by atoms with Gasteiger partial charge in [0, 0.05) is 7.11 Å². The fourth-order valence-electron chi connectivity index (χ4n) is 1.88. The summed E-state index contributed by atoms with van der Waals surface area (Å²) in [5, 5.41) is 9.29. The number of ether oxygens (including phenoxy) is 3. The lowest BCUT2D eigenvalue weighted by molar-refractivity contribution is -0.0677. The van der Waals surface area contributed by atoms with Crippen LogP contribution >= 0.6 is 0 Å². The van der Waals surface area contributed by atoms with Crippen molar-refractivity contribution in [3.05, 3.63) is 0 Å². The van der Waals surface area contributed by atoms with Gasteiger partial charge in [0.15, 0.2) is 0 Å². The molecule has 0 spiro atoms. The first kappa shape index (κ1) is 15.2. The second kappa shape index (κ2) is 6.36. The van der Waals surface area contributed by atoms with Gasteiger partial charge >= 0.3 is 6.09 Å². The minimum absolute atomic E-state index is 0.0912. The Bertz CT molecular complexity index is 276. The molecule has 1 aliphatic rings. The first-order valence-corrected chi connectivity index (χ1v) is 6.08. The Morgan fingerprint density at radius 1 is 1.44 bits per heavy atom. The lowest BCUT2D eigenvalue weighted by Gasteiger charge is -2.27. The Labute approximate surface area is 108 Å². The van der Waals surface area contributed by atoms with Crippen LogP contribution < -0.4 is 0 Å². The van der Waals surface area contributed by atoms with Crippen LogP contribution in [0.5, 0.6) is 0 Å². The van der Waals surface area contributed by atoms with E-state index in [9.17, 15) is 9.90 Å². The third kappa shape index (κ3) is 4.44. The van der Waals surface area contributed by atoms with E-state index in [1.807, 2.05) is 20.8 Å². The molecule has 18 heavy (non-hydrogen) atoms. The normalized spacial score (nSPS) is 24.4. The number of hydrogen-bond donors (Lipinski definition) is 1. The molecule has 1 N–H and O–H groups in total. The van der Waals surface area contributed by atoms with E-state index in [4.69, 9.17) is 14.2 Å². The Morgan fingerprint density at radius 2 is 2.11 bits per heavy atom. The molecule has 1 aliphatic heterocycles. The summed E-state index contributed by atoms with van der Waals surface area (Å²) in [6.07, 6.45) is 0.0683. The number of carbonyl (C=O) groups excluding carboxylic acids is 1. The fourth-order valence-corrected chi connectivity index (χ4v) is 1.88. The maximum atomic E-state index is 12.0. The Balaban J connectivity index is 2.55. The van der Waals surface area contributed by atoms with Crippen molar-refractivity contribution >= 4 is 6.09 Å². The van der Waals surface area contributed by atoms with E-state index in [-0.39, 0.29) is 25.5 Å². The van der Waals surface area contributed by atoms with Crippen LogP contribution in [0.3, 0.4) is 0 Å².